The number of rotatable bonds is 11. The molecule has 0 aromatic rings. The first kappa shape index (κ1) is 41.0. The Kier molecular flexibility index (Phi) is 14.2. The zero-order valence-electron chi connectivity index (χ0n) is 27.3. The van der Waals surface area contributed by atoms with Gasteiger partial charge in [0.2, 0.25) is 11.8 Å². The molecule has 0 aromatic heterocycles. The molecule has 4 fully saturated rings. The number of carbonyl (C=O) groups excluding carboxylic acids is 2. The molecule has 50 heavy (non-hydrogen) atoms. The number of hydrogen-bond donors (Lipinski definition) is 13. The quantitative estimate of drug-likeness (QED) is 0.0938. The molecule has 0 aromatic carbocycles. The lowest BCUT2D eigenvalue weighted by Gasteiger charge is -2.51. The van der Waals surface area contributed by atoms with Gasteiger partial charge in [0.05, 0.1) is 25.9 Å². The van der Waals surface area contributed by atoms with Crippen LogP contribution < -0.4 is 10.6 Å². The fraction of sp³-hybridized carbons (Fsp3) is 0.929. The second kappa shape index (κ2) is 17.4. The van der Waals surface area contributed by atoms with Crippen molar-refractivity contribution >= 4 is 11.8 Å². The highest BCUT2D eigenvalue weighted by Crippen LogP contribution is 2.36. The second-order valence-electron chi connectivity index (χ2n) is 12.6. The highest BCUT2D eigenvalue weighted by molar-refractivity contribution is 5.73. The Morgan fingerprint density at radius 3 is 1.62 bits per heavy atom. The number of aliphatic hydroxyl groups is 11. The Bertz CT molecular complexity index is 1130. The summed E-state index contributed by atoms with van der Waals surface area (Å²) in [4.78, 5) is 23.9. The van der Waals surface area contributed by atoms with Crippen LogP contribution in [0.3, 0.4) is 0 Å². The topological polar surface area (TPSA) is 345 Å². The van der Waals surface area contributed by atoms with Gasteiger partial charge in [-0.25, -0.2) is 0 Å². The van der Waals surface area contributed by atoms with Gasteiger partial charge in [-0.05, 0) is 6.92 Å². The molecule has 4 saturated heterocycles. The van der Waals surface area contributed by atoms with Gasteiger partial charge in [-0.3, -0.25) is 9.59 Å². The molecule has 2 amide bonds. The molecule has 4 rings (SSSR count). The molecular formula is C28H48N2O20. The fourth-order valence-electron chi connectivity index (χ4n) is 6.27. The summed E-state index contributed by atoms with van der Waals surface area (Å²) < 4.78 is 40.3. The van der Waals surface area contributed by atoms with Crippen molar-refractivity contribution < 1.29 is 98.9 Å². The third kappa shape index (κ3) is 8.70. The van der Waals surface area contributed by atoms with Crippen LogP contribution in [0.2, 0.25) is 0 Å². The van der Waals surface area contributed by atoms with Crippen LogP contribution in [0.25, 0.3) is 0 Å². The summed E-state index contributed by atoms with van der Waals surface area (Å²) in [6.07, 6.45) is -31.0. The van der Waals surface area contributed by atoms with Gasteiger partial charge in [0.1, 0.15) is 91.4 Å². The van der Waals surface area contributed by atoms with Gasteiger partial charge in [-0.1, -0.05) is 0 Å². The summed E-state index contributed by atoms with van der Waals surface area (Å²) in [5, 5.41) is 120. The number of amides is 2. The minimum Gasteiger partial charge on any atom is -0.394 e. The van der Waals surface area contributed by atoms with Gasteiger partial charge in [0.25, 0.3) is 0 Å². The van der Waals surface area contributed by atoms with E-state index in [0.717, 1.165) is 13.8 Å². The van der Waals surface area contributed by atoms with Crippen LogP contribution in [0.15, 0.2) is 0 Å². The van der Waals surface area contributed by atoms with E-state index in [1.54, 1.807) is 0 Å². The van der Waals surface area contributed by atoms with E-state index in [-0.39, 0.29) is 0 Å². The maximum Gasteiger partial charge on any atom is 0.217 e. The van der Waals surface area contributed by atoms with Gasteiger partial charge < -0.3 is 100.0 Å². The largest absolute Gasteiger partial charge is 0.394 e. The molecule has 0 radical (unpaired) electrons. The van der Waals surface area contributed by atoms with E-state index in [4.69, 9.17) is 33.2 Å². The molecule has 4 aliphatic heterocycles. The van der Waals surface area contributed by atoms with E-state index in [9.17, 15) is 65.8 Å². The third-order valence-electron chi connectivity index (χ3n) is 8.97. The Morgan fingerprint density at radius 2 is 1.04 bits per heavy atom. The molecule has 22 heteroatoms. The second-order valence-corrected chi connectivity index (χ2v) is 12.6. The van der Waals surface area contributed by atoms with Crippen molar-refractivity contribution in [3.63, 3.8) is 0 Å². The van der Waals surface area contributed by atoms with Crippen molar-refractivity contribution in [1.82, 2.24) is 10.6 Å². The summed E-state index contributed by atoms with van der Waals surface area (Å²) in [5.41, 5.74) is 0. The van der Waals surface area contributed by atoms with Crippen LogP contribution in [0.1, 0.15) is 20.8 Å². The highest BCUT2D eigenvalue weighted by Gasteiger charge is 2.56. The summed E-state index contributed by atoms with van der Waals surface area (Å²) in [6, 6.07) is -3.05. The molecule has 20 atom stereocenters. The van der Waals surface area contributed by atoms with Crippen molar-refractivity contribution in [3.05, 3.63) is 0 Å². The molecule has 0 aliphatic carbocycles. The third-order valence-corrected chi connectivity index (χ3v) is 8.97. The molecule has 4 aliphatic rings. The first-order valence-corrected chi connectivity index (χ1v) is 15.9. The summed E-state index contributed by atoms with van der Waals surface area (Å²) in [5.74, 6) is -1.40. The van der Waals surface area contributed by atoms with Crippen LogP contribution in [-0.2, 0) is 42.7 Å². The molecule has 0 spiro atoms. The summed E-state index contributed by atoms with van der Waals surface area (Å²) in [7, 11) is 0. The van der Waals surface area contributed by atoms with Gasteiger partial charge in [-0.2, -0.15) is 0 Å². The van der Waals surface area contributed by atoms with Crippen LogP contribution in [0, 0.1) is 0 Å². The van der Waals surface area contributed by atoms with Crippen LogP contribution in [-0.4, -0.2) is 211 Å². The SMILES string of the molecule is CC(=O)N[C@@H]1[C@@H](O)[C@H](O[C@@H]2O[C@H](CO)[C@H](O)[C@H](O[C@H]3O[C@H](CO)[C@@H](O)[C@H](O)[C@H]3NC(C)=O)[C@H]2O[C@@H]2O[C@@H](C)[C@@H](O)[C@@H](O)[C@@H]2O)[C@@H](CO)O[C@H]1O. The van der Waals surface area contributed by atoms with Crippen molar-refractivity contribution in [2.45, 2.75) is 143 Å². The monoisotopic (exact) mass is 732 g/mol. The Balaban J connectivity index is 1.75. The maximum atomic E-state index is 12.0. The standard InChI is InChI=1S/C28H48N2O20/c1-7-15(36)20(41)21(42)27(44-7)50-24-23(49-26-14(30-9(3)35)18(39)16(37)10(4-31)46-26)17(38)11(5-32)47-28(24)48-22-12(6-33)45-25(43)13(19(22)40)29-8(2)34/h7,10-28,31-33,36-43H,4-6H2,1-3H3,(H,29,34)(H,30,35)/t7-,10+,11+,12+,13+,14+,15+,16+,17-,18+,19+,20+,21-,22+,23-,24+,25+,26+,27-,28-/m0/s1. The van der Waals surface area contributed by atoms with E-state index in [1.165, 1.54) is 6.92 Å². The van der Waals surface area contributed by atoms with Crippen LogP contribution >= 0.6 is 0 Å². The summed E-state index contributed by atoms with van der Waals surface area (Å²) in [6.45, 7) is 0.904. The number of nitrogens with one attached hydrogen (secondary N) is 2. The zero-order valence-corrected chi connectivity index (χ0v) is 27.3. The van der Waals surface area contributed by atoms with Crippen molar-refractivity contribution in [1.29, 1.82) is 0 Å². The van der Waals surface area contributed by atoms with Crippen molar-refractivity contribution in [3.8, 4) is 0 Å². The maximum absolute atomic E-state index is 12.0. The van der Waals surface area contributed by atoms with E-state index < -0.39 is 154 Å². The van der Waals surface area contributed by atoms with Gasteiger partial charge in [-0.15, -0.1) is 0 Å². The average Bonchev–Trinajstić information content (AvgIpc) is 3.07. The first-order chi connectivity index (χ1) is 23.5. The minimum atomic E-state index is -1.95. The van der Waals surface area contributed by atoms with E-state index in [0.29, 0.717) is 0 Å². The Morgan fingerprint density at radius 1 is 0.520 bits per heavy atom. The minimum absolute atomic E-state index is 0.682. The van der Waals surface area contributed by atoms with Crippen molar-refractivity contribution in [2.24, 2.45) is 0 Å². The van der Waals surface area contributed by atoms with Crippen LogP contribution in [0.5, 0.6) is 0 Å². The molecule has 0 unspecified atom stereocenters. The number of aliphatic hydroxyl groups excluding tert-OH is 11. The lowest BCUT2D eigenvalue weighted by molar-refractivity contribution is -0.398. The van der Waals surface area contributed by atoms with E-state index >= 15 is 0 Å². The number of ether oxygens (including phenoxy) is 7. The predicted molar refractivity (Wildman–Crippen MR) is 156 cm³/mol. The van der Waals surface area contributed by atoms with E-state index in [1.807, 2.05) is 0 Å². The zero-order chi connectivity index (χ0) is 37.2. The Labute approximate surface area is 285 Å². The van der Waals surface area contributed by atoms with Crippen LogP contribution in [0.4, 0.5) is 0 Å². The highest BCUT2D eigenvalue weighted by atomic mass is 16.8. The van der Waals surface area contributed by atoms with Crippen molar-refractivity contribution in [2.75, 3.05) is 19.8 Å². The lowest BCUT2D eigenvalue weighted by Crippen LogP contribution is -2.70. The molecule has 22 nitrogen and oxygen atoms in total. The lowest BCUT2D eigenvalue weighted by atomic mass is 9.94. The first-order valence-electron chi connectivity index (χ1n) is 15.9. The summed E-state index contributed by atoms with van der Waals surface area (Å²) >= 11 is 0. The number of carbonyl (C=O) groups is 2. The number of hydrogen-bond acceptors (Lipinski definition) is 20. The molecule has 0 saturated carbocycles. The van der Waals surface area contributed by atoms with E-state index in [2.05, 4.69) is 10.6 Å². The van der Waals surface area contributed by atoms with Gasteiger partial charge in [0, 0.05) is 13.8 Å². The smallest absolute Gasteiger partial charge is 0.217 e. The average molecular weight is 733 g/mol. The molecule has 0 bridgehead atoms. The molecule has 290 valence electrons. The predicted octanol–water partition coefficient (Wildman–Crippen LogP) is -8.43. The molecule has 4 heterocycles. The van der Waals surface area contributed by atoms with Gasteiger partial charge >= 0.3 is 0 Å². The Hall–Kier alpha value is -1.78. The fourth-order valence-corrected chi connectivity index (χ4v) is 6.27. The normalized spacial score (nSPS) is 48.5. The van der Waals surface area contributed by atoms with Gasteiger partial charge in [0.15, 0.2) is 25.2 Å². The molecular weight excluding hydrogens is 684 g/mol. The molecule has 13 N–H and O–H groups in total.